The molecule has 3 aromatic heterocycles. The molecule has 2 saturated carbocycles. The smallest absolute Gasteiger partial charge is 0.228 e. The van der Waals surface area contributed by atoms with Gasteiger partial charge in [0.05, 0.1) is 34.8 Å². The van der Waals surface area contributed by atoms with Gasteiger partial charge in [0.2, 0.25) is 5.91 Å². The average molecular weight is 440 g/mol. The lowest BCUT2D eigenvalue weighted by Crippen LogP contribution is -2.21. The van der Waals surface area contributed by atoms with Crippen molar-refractivity contribution in [1.82, 2.24) is 24.6 Å². The summed E-state index contributed by atoms with van der Waals surface area (Å²) in [5, 5.41) is 10.6. The fourth-order valence-corrected chi connectivity index (χ4v) is 4.27. The molecule has 2 fully saturated rings. The molecule has 0 unspecified atom stereocenters. The molecule has 0 aliphatic heterocycles. The Morgan fingerprint density at radius 1 is 1.29 bits per heavy atom. The van der Waals surface area contributed by atoms with E-state index in [1.165, 1.54) is 0 Å². The van der Waals surface area contributed by atoms with Crippen molar-refractivity contribution in [3.8, 4) is 11.3 Å². The van der Waals surface area contributed by atoms with E-state index < -0.39 is 5.82 Å². The first-order chi connectivity index (χ1) is 15.0. The third-order valence-corrected chi connectivity index (χ3v) is 6.36. The van der Waals surface area contributed by atoms with Crippen molar-refractivity contribution in [2.24, 2.45) is 5.92 Å². The van der Waals surface area contributed by atoms with E-state index in [4.69, 9.17) is 11.6 Å². The second kappa shape index (κ2) is 6.65. The Hall–Kier alpha value is -3.20. The predicted octanol–water partition coefficient (Wildman–Crippen LogP) is 4.01. The average Bonchev–Trinajstić information content (AvgIpc) is 3.68. The molecule has 158 valence electrons. The lowest BCUT2D eigenvalue weighted by atomic mass is 10.0. The van der Waals surface area contributed by atoms with Crippen LogP contribution in [0.1, 0.15) is 25.7 Å². The van der Waals surface area contributed by atoms with Crippen LogP contribution in [0.5, 0.6) is 0 Å². The number of hydrogen-bond acceptors (Lipinski definition) is 5. The van der Waals surface area contributed by atoms with Crippen LogP contribution in [0.2, 0.25) is 5.02 Å². The normalized spacial score (nSPS) is 16.2. The van der Waals surface area contributed by atoms with E-state index in [0.29, 0.717) is 45.4 Å². The number of nitrogens with zero attached hydrogens (tertiary/aromatic N) is 5. The number of imidazole rings is 1. The number of fused-ring (bicyclic) bond motifs is 2. The highest BCUT2D eigenvalue weighted by atomic mass is 35.5. The molecule has 6 rings (SSSR count). The second-order valence-corrected chi connectivity index (χ2v) is 8.66. The van der Waals surface area contributed by atoms with Crippen LogP contribution in [-0.4, -0.2) is 43.6 Å². The summed E-state index contributed by atoms with van der Waals surface area (Å²) in [6.07, 6.45) is 10.6. The number of rotatable bonds is 5. The van der Waals surface area contributed by atoms with Crippen molar-refractivity contribution in [2.75, 3.05) is 17.3 Å². The number of amides is 1. The molecule has 31 heavy (non-hydrogen) atoms. The Kier molecular flexibility index (Phi) is 3.98. The van der Waals surface area contributed by atoms with Gasteiger partial charge in [0.15, 0.2) is 17.3 Å². The minimum atomic E-state index is -0.493. The maximum Gasteiger partial charge on any atom is 0.228 e. The first-order valence-corrected chi connectivity index (χ1v) is 10.6. The van der Waals surface area contributed by atoms with Crippen LogP contribution in [0.3, 0.4) is 0 Å². The molecule has 1 aromatic carbocycles. The van der Waals surface area contributed by atoms with E-state index >= 15 is 4.39 Å². The maximum absolute atomic E-state index is 15.4. The molecule has 0 spiro atoms. The molecule has 10 heteroatoms. The molecule has 4 aromatic rings. The Balaban J connectivity index is 1.45. The van der Waals surface area contributed by atoms with E-state index in [1.54, 1.807) is 29.2 Å². The fourth-order valence-electron chi connectivity index (χ4n) is 3.99. The van der Waals surface area contributed by atoms with Crippen LogP contribution < -0.4 is 10.2 Å². The summed E-state index contributed by atoms with van der Waals surface area (Å²) < 4.78 is 17.2. The Morgan fingerprint density at radius 3 is 2.84 bits per heavy atom. The topological polar surface area (TPSA) is 91.2 Å². The third-order valence-electron chi connectivity index (χ3n) is 6.01. The number of carbonyl (C=O) groups excluding carboxylic acids is 1. The molecule has 0 atom stereocenters. The summed E-state index contributed by atoms with van der Waals surface area (Å²) in [5.41, 5.74) is 2.55. The summed E-state index contributed by atoms with van der Waals surface area (Å²) in [7, 11) is 1.87. The van der Waals surface area contributed by atoms with Crippen LogP contribution in [0.15, 0.2) is 24.8 Å². The minimum Gasteiger partial charge on any atom is -0.367 e. The molecule has 1 amide bonds. The fraction of sp³-hybridized carbons (Fsp3) is 0.333. The molecule has 2 aliphatic rings. The molecular formula is C21H19ClFN7O. The van der Waals surface area contributed by atoms with Gasteiger partial charge in [-0.25, -0.2) is 9.37 Å². The molecule has 0 bridgehead atoms. The summed E-state index contributed by atoms with van der Waals surface area (Å²) in [5.74, 6) is 0.0369. The number of benzene rings is 1. The van der Waals surface area contributed by atoms with Gasteiger partial charge < -0.3 is 14.6 Å². The summed E-state index contributed by atoms with van der Waals surface area (Å²) >= 11 is 6.54. The van der Waals surface area contributed by atoms with E-state index in [2.05, 4.69) is 25.5 Å². The molecule has 2 aliphatic carbocycles. The van der Waals surface area contributed by atoms with Crippen LogP contribution in [-0.2, 0) is 4.79 Å². The Morgan fingerprint density at radius 2 is 2.10 bits per heavy atom. The highest BCUT2D eigenvalue weighted by Gasteiger charge is 2.32. The zero-order chi connectivity index (χ0) is 21.3. The minimum absolute atomic E-state index is 0.00521. The van der Waals surface area contributed by atoms with Gasteiger partial charge in [0, 0.05) is 36.2 Å². The molecule has 2 N–H and O–H groups in total. The van der Waals surface area contributed by atoms with Gasteiger partial charge in [-0.05, 0) is 25.7 Å². The van der Waals surface area contributed by atoms with Gasteiger partial charge in [-0.3, -0.25) is 14.9 Å². The zero-order valence-corrected chi connectivity index (χ0v) is 17.4. The first kappa shape index (κ1) is 18.6. The largest absolute Gasteiger partial charge is 0.367 e. The van der Waals surface area contributed by atoms with Gasteiger partial charge in [0.1, 0.15) is 5.69 Å². The van der Waals surface area contributed by atoms with E-state index in [9.17, 15) is 4.79 Å². The van der Waals surface area contributed by atoms with Crippen molar-refractivity contribution in [3.05, 3.63) is 35.6 Å². The molecular weight excluding hydrogens is 421 g/mol. The number of H-pyrrole nitrogens is 1. The highest BCUT2D eigenvalue weighted by Crippen LogP contribution is 2.44. The lowest BCUT2D eigenvalue weighted by Gasteiger charge is -2.22. The summed E-state index contributed by atoms with van der Waals surface area (Å²) in [6, 6.07) is 0.313. The van der Waals surface area contributed by atoms with Crippen LogP contribution in [0.25, 0.3) is 27.8 Å². The predicted molar refractivity (Wildman–Crippen MR) is 116 cm³/mol. The Labute approximate surface area is 181 Å². The van der Waals surface area contributed by atoms with Crippen molar-refractivity contribution in [3.63, 3.8) is 0 Å². The first-order valence-electron chi connectivity index (χ1n) is 10.2. The third kappa shape index (κ3) is 3.03. The van der Waals surface area contributed by atoms with Crippen molar-refractivity contribution in [1.29, 1.82) is 0 Å². The molecule has 0 radical (unpaired) electrons. The summed E-state index contributed by atoms with van der Waals surface area (Å²) in [4.78, 5) is 22.8. The summed E-state index contributed by atoms with van der Waals surface area (Å²) in [6.45, 7) is 0. The van der Waals surface area contributed by atoms with Crippen molar-refractivity contribution < 1.29 is 9.18 Å². The number of carbonyl (C=O) groups is 1. The van der Waals surface area contributed by atoms with Gasteiger partial charge in [-0.2, -0.15) is 5.10 Å². The lowest BCUT2D eigenvalue weighted by molar-refractivity contribution is -0.117. The van der Waals surface area contributed by atoms with E-state index in [-0.39, 0.29) is 16.8 Å². The van der Waals surface area contributed by atoms with Crippen molar-refractivity contribution >= 4 is 45.6 Å². The highest BCUT2D eigenvalue weighted by molar-refractivity contribution is 6.35. The second-order valence-electron chi connectivity index (χ2n) is 8.28. The van der Waals surface area contributed by atoms with E-state index in [0.717, 1.165) is 25.7 Å². The SMILES string of the molecule is CN(c1c(F)c(Cl)c(-c2cn3cc(NC(=O)C4CC4)nc3cn2)c2cn[nH]c12)C1CC1. The number of halogens is 2. The van der Waals surface area contributed by atoms with Gasteiger partial charge in [-0.15, -0.1) is 0 Å². The van der Waals surface area contributed by atoms with Crippen LogP contribution in [0.4, 0.5) is 15.9 Å². The van der Waals surface area contributed by atoms with Gasteiger partial charge in [0.25, 0.3) is 0 Å². The standard InChI is InChI=1S/C21H19ClFN7O/c1-29(11-4-5-11)20-18(23)17(22)16(12-6-25-28-19(12)20)13-8-30-9-14(26-15(30)7-24-13)27-21(31)10-2-3-10/h6-11H,2-5H2,1H3,(H,25,28)(H,27,31). The van der Waals surface area contributed by atoms with Gasteiger partial charge >= 0.3 is 0 Å². The number of aromatic amines is 1. The maximum atomic E-state index is 15.4. The number of hydrogen-bond donors (Lipinski definition) is 2. The number of nitrogens with one attached hydrogen (secondary N) is 2. The number of aromatic nitrogens is 5. The monoisotopic (exact) mass is 439 g/mol. The van der Waals surface area contributed by atoms with Crippen LogP contribution >= 0.6 is 11.6 Å². The molecule has 0 saturated heterocycles. The Bertz CT molecular complexity index is 1360. The van der Waals surface area contributed by atoms with Gasteiger partial charge in [-0.1, -0.05) is 11.6 Å². The van der Waals surface area contributed by atoms with Crippen molar-refractivity contribution in [2.45, 2.75) is 31.7 Å². The molecule has 3 heterocycles. The number of anilines is 2. The quantitative estimate of drug-likeness (QED) is 0.490. The molecule has 8 nitrogen and oxygen atoms in total. The zero-order valence-electron chi connectivity index (χ0n) is 16.7. The van der Waals surface area contributed by atoms with E-state index in [1.807, 2.05) is 11.9 Å². The van der Waals surface area contributed by atoms with Crippen LogP contribution in [0, 0.1) is 11.7 Å².